The van der Waals surface area contributed by atoms with Crippen LogP contribution in [0.2, 0.25) is 0 Å². The maximum absolute atomic E-state index is 13.0. The van der Waals surface area contributed by atoms with Crippen LogP contribution in [-0.4, -0.2) is 80.3 Å². The van der Waals surface area contributed by atoms with Crippen molar-refractivity contribution in [1.29, 1.82) is 0 Å². The molecule has 2 saturated heterocycles. The van der Waals surface area contributed by atoms with Crippen molar-refractivity contribution in [3.05, 3.63) is 141 Å². The van der Waals surface area contributed by atoms with Crippen LogP contribution in [0.3, 0.4) is 0 Å². The second-order valence-electron chi connectivity index (χ2n) is 11.1. The van der Waals surface area contributed by atoms with Gasteiger partial charge in [0, 0.05) is 25.4 Å². The van der Waals surface area contributed by atoms with E-state index in [-0.39, 0.29) is 6.61 Å². The van der Waals surface area contributed by atoms with Gasteiger partial charge in [0.25, 0.3) is 15.7 Å². The first kappa shape index (κ1) is 31.1. The summed E-state index contributed by atoms with van der Waals surface area (Å²) in [5.41, 5.74) is 0.270. The highest BCUT2D eigenvalue weighted by Gasteiger charge is 2.52. The summed E-state index contributed by atoms with van der Waals surface area (Å²) in [4.78, 5) is 29.1. The minimum atomic E-state index is -4.00. The molecule has 45 heavy (non-hydrogen) atoms. The van der Waals surface area contributed by atoms with Crippen LogP contribution in [0.4, 0.5) is 0 Å². The molecule has 1 N–H and O–H groups in total. The van der Waals surface area contributed by atoms with Gasteiger partial charge in [-0.25, -0.2) is 4.79 Å². The summed E-state index contributed by atoms with van der Waals surface area (Å²) in [5, 5.41) is 0. The largest absolute Gasteiger partial charge is 0.379 e. The Morgan fingerprint density at radius 2 is 1.38 bits per heavy atom. The van der Waals surface area contributed by atoms with E-state index < -0.39 is 51.4 Å². The summed E-state index contributed by atoms with van der Waals surface area (Å²) >= 11 is 0. The van der Waals surface area contributed by atoms with E-state index in [0.29, 0.717) is 26.3 Å². The van der Waals surface area contributed by atoms with Crippen molar-refractivity contribution in [1.82, 2.24) is 14.5 Å². The molecule has 1 aromatic heterocycles. The SMILES string of the molecule is CS(=O)(=O)O[C@H]1[C@H](N2CCOCC2)[C@@H](COC(c2ccccc2)(c2ccccc2)c2ccccc2)O[C@H]1n1ccc(=O)[nH]c1=O. The minimum absolute atomic E-state index is 0.00106. The van der Waals surface area contributed by atoms with E-state index in [1.54, 1.807) is 0 Å². The highest BCUT2D eigenvalue weighted by Crippen LogP contribution is 2.42. The lowest BCUT2D eigenvalue weighted by Gasteiger charge is -2.39. The number of ether oxygens (including phenoxy) is 3. The fraction of sp³-hybridized carbons (Fsp3) is 0.333. The van der Waals surface area contributed by atoms with E-state index >= 15 is 0 Å². The number of benzene rings is 3. The van der Waals surface area contributed by atoms with Crippen LogP contribution in [0.1, 0.15) is 22.9 Å². The lowest BCUT2D eigenvalue weighted by molar-refractivity contribution is -0.0951. The molecule has 2 aliphatic rings. The number of aromatic nitrogens is 2. The topological polar surface area (TPSA) is 129 Å². The van der Waals surface area contributed by atoms with Crippen molar-refractivity contribution in [3.63, 3.8) is 0 Å². The molecule has 4 aromatic rings. The average molecular weight is 634 g/mol. The summed E-state index contributed by atoms with van der Waals surface area (Å²) in [6, 6.07) is 30.1. The molecule has 0 bridgehead atoms. The van der Waals surface area contributed by atoms with Crippen LogP contribution >= 0.6 is 0 Å². The Morgan fingerprint density at radius 1 is 0.844 bits per heavy atom. The van der Waals surface area contributed by atoms with E-state index in [1.807, 2.05) is 91.0 Å². The highest BCUT2D eigenvalue weighted by molar-refractivity contribution is 7.86. The number of nitrogens with zero attached hydrogens (tertiary/aromatic N) is 2. The lowest BCUT2D eigenvalue weighted by atomic mass is 9.80. The molecule has 0 aliphatic carbocycles. The highest BCUT2D eigenvalue weighted by atomic mass is 32.2. The first-order valence-corrected chi connectivity index (χ1v) is 16.6. The minimum Gasteiger partial charge on any atom is -0.379 e. The Labute approximate surface area is 261 Å². The summed E-state index contributed by atoms with van der Waals surface area (Å²) < 4.78 is 51.3. The zero-order valence-corrected chi connectivity index (χ0v) is 25.5. The van der Waals surface area contributed by atoms with Gasteiger partial charge in [-0.1, -0.05) is 91.0 Å². The summed E-state index contributed by atoms with van der Waals surface area (Å²) in [7, 11) is -4.00. The van der Waals surface area contributed by atoms with Crippen molar-refractivity contribution >= 4 is 10.1 Å². The third kappa shape index (κ3) is 6.57. The fourth-order valence-corrected chi connectivity index (χ4v) is 6.92. The van der Waals surface area contributed by atoms with Crippen molar-refractivity contribution in [2.45, 2.75) is 30.1 Å². The predicted molar refractivity (Wildman–Crippen MR) is 166 cm³/mol. The summed E-state index contributed by atoms with van der Waals surface area (Å²) in [5.74, 6) is 0. The fourth-order valence-electron chi connectivity index (χ4n) is 6.31. The second-order valence-corrected chi connectivity index (χ2v) is 12.7. The molecule has 0 spiro atoms. The number of morpholine rings is 1. The van der Waals surface area contributed by atoms with Gasteiger partial charge in [0.1, 0.15) is 17.8 Å². The normalized spacial score (nSPS) is 22.8. The molecule has 0 amide bonds. The van der Waals surface area contributed by atoms with Crippen LogP contribution in [0.5, 0.6) is 0 Å². The molecule has 0 radical (unpaired) electrons. The maximum Gasteiger partial charge on any atom is 0.330 e. The van der Waals surface area contributed by atoms with E-state index in [2.05, 4.69) is 9.88 Å². The first-order chi connectivity index (χ1) is 21.8. The number of nitrogens with one attached hydrogen (secondary N) is 1. The number of hydrogen-bond donors (Lipinski definition) is 1. The van der Waals surface area contributed by atoms with Crippen molar-refractivity contribution in [3.8, 4) is 0 Å². The Bertz CT molecular complexity index is 1700. The number of hydrogen-bond acceptors (Lipinski definition) is 9. The Morgan fingerprint density at radius 3 is 1.87 bits per heavy atom. The molecule has 236 valence electrons. The molecule has 2 fully saturated rings. The van der Waals surface area contributed by atoms with E-state index in [4.69, 9.17) is 18.4 Å². The Hall–Kier alpha value is -3.91. The lowest BCUT2D eigenvalue weighted by Crippen LogP contribution is -2.54. The van der Waals surface area contributed by atoms with Crippen LogP contribution in [0.25, 0.3) is 0 Å². The third-order valence-corrected chi connectivity index (χ3v) is 8.77. The molecule has 0 unspecified atom stereocenters. The van der Waals surface area contributed by atoms with Crippen molar-refractivity contribution in [2.75, 3.05) is 39.2 Å². The molecular formula is C33H35N3O8S. The second kappa shape index (κ2) is 13.2. The zero-order chi connectivity index (χ0) is 31.4. The van der Waals surface area contributed by atoms with Gasteiger partial charge in [-0.3, -0.25) is 23.4 Å². The predicted octanol–water partition coefficient (Wildman–Crippen LogP) is 2.49. The van der Waals surface area contributed by atoms with E-state index in [1.165, 1.54) is 12.3 Å². The maximum atomic E-state index is 13.0. The molecule has 3 aromatic carbocycles. The first-order valence-electron chi connectivity index (χ1n) is 14.7. The van der Waals surface area contributed by atoms with Gasteiger partial charge in [-0.2, -0.15) is 8.42 Å². The molecule has 12 heteroatoms. The van der Waals surface area contributed by atoms with E-state index in [9.17, 15) is 18.0 Å². The standard InChI is InChI=1S/C33H35N3O8S/c1-45(39,40)44-30-29(35-19-21-41-22-20-35)27(43-31(30)36-18-17-28(37)34-32(36)38)23-42-33(24-11-5-2-6-12-24,25-13-7-3-8-14-25)26-15-9-4-10-16-26/h2-18,27,29-31H,19-23H2,1H3,(H,34,37,38)/t27-,29-,30+,31-/m1/s1. The van der Waals surface area contributed by atoms with Crippen LogP contribution in [0.15, 0.2) is 113 Å². The smallest absolute Gasteiger partial charge is 0.330 e. The third-order valence-electron chi connectivity index (χ3n) is 8.20. The molecule has 4 atom stereocenters. The molecule has 3 heterocycles. The van der Waals surface area contributed by atoms with E-state index in [0.717, 1.165) is 27.5 Å². The van der Waals surface area contributed by atoms with Gasteiger partial charge in [0.05, 0.1) is 32.1 Å². The molecule has 2 aliphatic heterocycles. The average Bonchev–Trinajstić information content (AvgIpc) is 3.39. The quantitative estimate of drug-likeness (QED) is 0.207. The van der Waals surface area contributed by atoms with Gasteiger partial charge in [-0.15, -0.1) is 0 Å². The zero-order valence-electron chi connectivity index (χ0n) is 24.7. The number of rotatable bonds is 10. The van der Waals surface area contributed by atoms with Gasteiger partial charge < -0.3 is 14.2 Å². The van der Waals surface area contributed by atoms with Crippen molar-refractivity contribution < 1.29 is 26.8 Å². The Kier molecular flexibility index (Phi) is 9.13. The number of aromatic amines is 1. The van der Waals surface area contributed by atoms with Gasteiger partial charge in [0.2, 0.25) is 0 Å². The van der Waals surface area contributed by atoms with Crippen LogP contribution < -0.4 is 11.2 Å². The molecule has 0 saturated carbocycles. The molecular weight excluding hydrogens is 598 g/mol. The monoisotopic (exact) mass is 633 g/mol. The van der Waals surface area contributed by atoms with Crippen molar-refractivity contribution in [2.24, 2.45) is 0 Å². The summed E-state index contributed by atoms with van der Waals surface area (Å²) in [6.45, 7) is 1.84. The van der Waals surface area contributed by atoms with Crippen LogP contribution in [-0.2, 0) is 34.1 Å². The number of H-pyrrole nitrogens is 1. The molecule has 6 rings (SSSR count). The summed E-state index contributed by atoms with van der Waals surface area (Å²) in [6.07, 6.45) is -0.814. The van der Waals surface area contributed by atoms with Gasteiger partial charge in [0.15, 0.2) is 6.23 Å². The molecule has 11 nitrogen and oxygen atoms in total. The van der Waals surface area contributed by atoms with Crippen LogP contribution in [0, 0.1) is 0 Å². The van der Waals surface area contributed by atoms with Gasteiger partial charge in [-0.05, 0) is 16.7 Å². The van der Waals surface area contributed by atoms with Gasteiger partial charge >= 0.3 is 5.69 Å². The Balaban J connectivity index is 1.46.